The molecule has 1 aliphatic rings. The van der Waals surface area contributed by atoms with Crippen molar-refractivity contribution in [2.75, 3.05) is 26.2 Å². The molecule has 1 heterocycles. The van der Waals surface area contributed by atoms with Crippen LogP contribution >= 0.6 is 12.2 Å². The third kappa shape index (κ3) is 4.42. The van der Waals surface area contributed by atoms with Crippen molar-refractivity contribution in [3.63, 3.8) is 0 Å². The third-order valence-corrected chi connectivity index (χ3v) is 4.56. The number of nitrogens with two attached hydrogens (primary N) is 1. The molecule has 0 radical (unpaired) electrons. The number of hydrogen-bond acceptors (Lipinski definition) is 3. The van der Waals surface area contributed by atoms with Crippen LogP contribution in [0.15, 0.2) is 0 Å². The quantitative estimate of drug-likeness (QED) is 0.731. The molecule has 1 fully saturated rings. The van der Waals surface area contributed by atoms with Gasteiger partial charge in [-0.1, -0.05) is 39.4 Å². The number of thiocarbonyl (C=S) groups is 1. The fraction of sp³-hybridized carbons (Fsp3) is 0.867. The molecule has 1 unspecified atom stereocenters. The Morgan fingerprint density at radius 1 is 1.15 bits per heavy atom. The highest BCUT2D eigenvalue weighted by atomic mass is 32.1. The maximum atomic E-state index is 12.4. The van der Waals surface area contributed by atoms with Gasteiger partial charge in [-0.15, -0.1) is 0 Å². The van der Waals surface area contributed by atoms with Gasteiger partial charge in [0.2, 0.25) is 5.91 Å². The van der Waals surface area contributed by atoms with E-state index in [0.717, 1.165) is 51.9 Å². The lowest BCUT2D eigenvalue weighted by atomic mass is 10.0. The molecule has 116 valence electrons. The van der Waals surface area contributed by atoms with Gasteiger partial charge in [0.05, 0.1) is 11.0 Å². The Hall–Kier alpha value is -0.680. The van der Waals surface area contributed by atoms with Crippen molar-refractivity contribution in [2.45, 2.75) is 52.5 Å². The highest BCUT2D eigenvalue weighted by Crippen LogP contribution is 2.16. The first kappa shape index (κ1) is 17.4. The van der Waals surface area contributed by atoms with Gasteiger partial charge in [-0.25, -0.2) is 0 Å². The van der Waals surface area contributed by atoms with Crippen LogP contribution in [0.25, 0.3) is 0 Å². The summed E-state index contributed by atoms with van der Waals surface area (Å²) in [4.78, 5) is 17.3. The molecule has 20 heavy (non-hydrogen) atoms. The molecule has 0 aliphatic carbocycles. The Morgan fingerprint density at radius 2 is 1.70 bits per heavy atom. The molecule has 0 spiro atoms. The Morgan fingerprint density at radius 3 is 2.10 bits per heavy atom. The molecule has 2 N–H and O–H groups in total. The summed E-state index contributed by atoms with van der Waals surface area (Å²) in [6.07, 6.45) is 3.95. The summed E-state index contributed by atoms with van der Waals surface area (Å²) in [5.41, 5.74) is 5.85. The predicted molar refractivity (Wildman–Crippen MR) is 87.7 cm³/mol. The summed E-state index contributed by atoms with van der Waals surface area (Å²) in [6.45, 7) is 9.70. The molecule has 1 aliphatic heterocycles. The highest BCUT2D eigenvalue weighted by molar-refractivity contribution is 7.80. The van der Waals surface area contributed by atoms with Gasteiger partial charge < -0.3 is 10.6 Å². The van der Waals surface area contributed by atoms with Gasteiger partial charge in [-0.3, -0.25) is 9.69 Å². The molecule has 1 amide bonds. The van der Waals surface area contributed by atoms with Crippen molar-refractivity contribution in [3.8, 4) is 0 Å². The number of rotatable bonds is 7. The van der Waals surface area contributed by atoms with Crippen LogP contribution in [0.4, 0.5) is 0 Å². The molecule has 1 rings (SSSR count). The number of amides is 1. The van der Waals surface area contributed by atoms with Gasteiger partial charge in [0.25, 0.3) is 0 Å². The first-order chi connectivity index (χ1) is 9.54. The summed E-state index contributed by atoms with van der Waals surface area (Å²) in [6, 6.07) is 0.195. The Labute approximate surface area is 128 Å². The van der Waals surface area contributed by atoms with Crippen LogP contribution in [0.5, 0.6) is 0 Å². The van der Waals surface area contributed by atoms with Crippen LogP contribution in [0.1, 0.15) is 46.5 Å². The molecule has 1 saturated heterocycles. The predicted octanol–water partition coefficient (Wildman–Crippen LogP) is 2.02. The molecule has 1 atom stereocenters. The van der Waals surface area contributed by atoms with E-state index in [0.29, 0.717) is 10.9 Å². The molecular weight excluding hydrogens is 270 g/mol. The molecular formula is C15H29N3OS. The van der Waals surface area contributed by atoms with Gasteiger partial charge in [0.15, 0.2) is 0 Å². The normalized spacial score (nSPS) is 18.3. The zero-order chi connectivity index (χ0) is 15.1. The number of hydrogen-bond donors (Lipinski definition) is 1. The second-order valence-electron chi connectivity index (χ2n) is 5.58. The average Bonchev–Trinajstić information content (AvgIpc) is 2.46. The second-order valence-corrected chi connectivity index (χ2v) is 6.05. The molecule has 4 nitrogen and oxygen atoms in total. The SMILES string of the molecule is CCCC(C(N)=S)N1CCN(C(=O)C(CC)CC)CC1. The Balaban J connectivity index is 2.54. The van der Waals surface area contributed by atoms with Gasteiger partial charge >= 0.3 is 0 Å². The zero-order valence-electron chi connectivity index (χ0n) is 13.1. The van der Waals surface area contributed by atoms with Crippen molar-refractivity contribution in [3.05, 3.63) is 0 Å². The summed E-state index contributed by atoms with van der Waals surface area (Å²) < 4.78 is 0. The molecule has 0 bridgehead atoms. The maximum Gasteiger partial charge on any atom is 0.225 e. The summed E-state index contributed by atoms with van der Waals surface area (Å²) in [7, 11) is 0. The van der Waals surface area contributed by atoms with Crippen molar-refractivity contribution >= 4 is 23.1 Å². The fourth-order valence-corrected chi connectivity index (χ4v) is 3.20. The van der Waals surface area contributed by atoms with E-state index >= 15 is 0 Å². The summed E-state index contributed by atoms with van der Waals surface area (Å²) >= 11 is 5.18. The van der Waals surface area contributed by atoms with E-state index in [9.17, 15) is 4.79 Å². The lowest BCUT2D eigenvalue weighted by Gasteiger charge is -2.39. The molecule has 0 aromatic rings. The smallest absolute Gasteiger partial charge is 0.225 e. The van der Waals surface area contributed by atoms with E-state index in [1.54, 1.807) is 0 Å². The highest BCUT2D eigenvalue weighted by Gasteiger charge is 2.29. The third-order valence-electron chi connectivity index (χ3n) is 4.29. The van der Waals surface area contributed by atoms with Gasteiger partial charge in [0.1, 0.15) is 0 Å². The van der Waals surface area contributed by atoms with E-state index in [1.165, 1.54) is 0 Å². The van der Waals surface area contributed by atoms with Gasteiger partial charge in [0, 0.05) is 32.1 Å². The van der Waals surface area contributed by atoms with Crippen LogP contribution in [0.3, 0.4) is 0 Å². The van der Waals surface area contributed by atoms with E-state index in [4.69, 9.17) is 18.0 Å². The average molecular weight is 299 g/mol. The standard InChI is InChI=1S/C15H29N3OS/c1-4-7-13(14(16)20)17-8-10-18(11-9-17)15(19)12(5-2)6-3/h12-13H,4-11H2,1-3H3,(H2,16,20). The Bertz CT molecular complexity index is 323. The number of carbonyl (C=O) groups excluding carboxylic acids is 1. The minimum atomic E-state index is 0.184. The minimum absolute atomic E-state index is 0.184. The molecule has 0 aromatic heterocycles. The first-order valence-corrected chi connectivity index (χ1v) is 8.28. The van der Waals surface area contributed by atoms with Crippen LogP contribution in [0.2, 0.25) is 0 Å². The maximum absolute atomic E-state index is 12.4. The van der Waals surface area contributed by atoms with Crippen molar-refractivity contribution in [2.24, 2.45) is 11.7 Å². The first-order valence-electron chi connectivity index (χ1n) is 7.87. The summed E-state index contributed by atoms with van der Waals surface area (Å²) in [5, 5.41) is 0. The lowest BCUT2D eigenvalue weighted by Crippen LogP contribution is -2.55. The number of nitrogens with zero attached hydrogens (tertiary/aromatic N) is 2. The second kappa shape index (κ2) is 8.57. The van der Waals surface area contributed by atoms with Crippen LogP contribution in [-0.4, -0.2) is 52.9 Å². The van der Waals surface area contributed by atoms with E-state index in [1.807, 2.05) is 4.90 Å². The number of piperazine rings is 1. The molecule has 0 saturated carbocycles. The van der Waals surface area contributed by atoms with Crippen LogP contribution in [-0.2, 0) is 4.79 Å². The topological polar surface area (TPSA) is 49.6 Å². The van der Waals surface area contributed by atoms with Crippen LogP contribution < -0.4 is 5.73 Å². The van der Waals surface area contributed by atoms with E-state index in [2.05, 4.69) is 25.7 Å². The minimum Gasteiger partial charge on any atom is -0.392 e. The van der Waals surface area contributed by atoms with Crippen molar-refractivity contribution < 1.29 is 4.79 Å². The van der Waals surface area contributed by atoms with E-state index < -0.39 is 0 Å². The number of carbonyl (C=O) groups is 1. The zero-order valence-corrected chi connectivity index (χ0v) is 13.9. The van der Waals surface area contributed by atoms with Gasteiger partial charge in [-0.05, 0) is 19.3 Å². The van der Waals surface area contributed by atoms with Crippen molar-refractivity contribution in [1.29, 1.82) is 0 Å². The molecule has 5 heteroatoms. The largest absolute Gasteiger partial charge is 0.392 e. The van der Waals surface area contributed by atoms with Crippen molar-refractivity contribution in [1.82, 2.24) is 9.80 Å². The Kier molecular flexibility index (Phi) is 7.45. The van der Waals surface area contributed by atoms with E-state index in [-0.39, 0.29) is 12.0 Å². The van der Waals surface area contributed by atoms with Crippen LogP contribution in [0, 0.1) is 5.92 Å². The summed E-state index contributed by atoms with van der Waals surface area (Å²) in [5.74, 6) is 0.501. The lowest BCUT2D eigenvalue weighted by molar-refractivity contribution is -0.137. The monoisotopic (exact) mass is 299 g/mol. The fourth-order valence-electron chi connectivity index (χ4n) is 2.93. The molecule has 0 aromatic carbocycles. The van der Waals surface area contributed by atoms with Gasteiger partial charge in [-0.2, -0.15) is 0 Å².